The zero-order valence-corrected chi connectivity index (χ0v) is 35.3. The molecule has 2 aromatic heterocycles. The maximum absolute atomic E-state index is 13.2. The van der Waals surface area contributed by atoms with Gasteiger partial charge in [0.05, 0.1) is 31.6 Å². The SMILES string of the molecule is CCCCCCCCCCCCCCCCCCOC[C@H](COP(=O)(O)O[C@@H](C)[C@H]1O[C@@](C)(c2ccc3c(N)ncnn23)[C@H](O)[C@@H]1O)OCc1ccc(Cl)cc1. The number of fused-ring (bicyclic) bond motifs is 1. The van der Waals surface area contributed by atoms with Crippen LogP contribution < -0.4 is 5.73 Å². The smallest absolute Gasteiger partial charge is 0.387 e. The Morgan fingerprint density at radius 1 is 0.911 bits per heavy atom. The van der Waals surface area contributed by atoms with Gasteiger partial charge in [-0.3, -0.25) is 9.05 Å². The minimum absolute atomic E-state index is 0.149. The van der Waals surface area contributed by atoms with Crippen LogP contribution in [-0.4, -0.2) is 80.0 Å². The van der Waals surface area contributed by atoms with Crippen LogP contribution >= 0.6 is 19.4 Å². The van der Waals surface area contributed by atoms with Gasteiger partial charge in [0, 0.05) is 11.6 Å². The van der Waals surface area contributed by atoms with Gasteiger partial charge in [-0.25, -0.2) is 14.1 Å². The van der Waals surface area contributed by atoms with E-state index >= 15 is 0 Å². The van der Waals surface area contributed by atoms with E-state index in [0.29, 0.717) is 22.8 Å². The van der Waals surface area contributed by atoms with Crippen molar-refractivity contribution in [2.24, 2.45) is 0 Å². The quantitative estimate of drug-likeness (QED) is 0.0387. The topological polar surface area (TPSA) is 180 Å². The van der Waals surface area contributed by atoms with Crippen molar-refractivity contribution in [2.45, 2.75) is 166 Å². The van der Waals surface area contributed by atoms with E-state index in [-0.39, 0.29) is 25.6 Å². The van der Waals surface area contributed by atoms with Crippen molar-refractivity contribution < 1.29 is 42.9 Å². The van der Waals surface area contributed by atoms with E-state index in [2.05, 4.69) is 17.0 Å². The minimum Gasteiger partial charge on any atom is -0.387 e. The van der Waals surface area contributed by atoms with Crippen molar-refractivity contribution in [3.8, 4) is 0 Å². The summed E-state index contributed by atoms with van der Waals surface area (Å²) in [5.41, 5.74) is 6.29. The molecule has 15 heteroatoms. The number of aliphatic hydroxyl groups excluding tert-OH is 2. The molecular weight excluding hydrogens is 759 g/mol. The third-order valence-electron chi connectivity index (χ3n) is 10.6. The summed E-state index contributed by atoms with van der Waals surface area (Å²) in [6.45, 7) is 5.92. The molecule has 1 saturated heterocycles. The number of anilines is 1. The minimum atomic E-state index is -4.70. The monoisotopic (exact) mass is 824 g/mol. The van der Waals surface area contributed by atoms with E-state index in [0.717, 1.165) is 18.4 Å². The Balaban J connectivity index is 1.17. The van der Waals surface area contributed by atoms with Crippen LogP contribution in [0.1, 0.15) is 135 Å². The second kappa shape index (κ2) is 24.1. The predicted molar refractivity (Wildman–Crippen MR) is 218 cm³/mol. The Morgan fingerprint density at radius 3 is 2.11 bits per heavy atom. The summed E-state index contributed by atoms with van der Waals surface area (Å²) in [6.07, 6.45) is 16.0. The van der Waals surface area contributed by atoms with E-state index in [1.165, 1.54) is 108 Å². The molecule has 1 aliphatic heterocycles. The highest BCUT2D eigenvalue weighted by atomic mass is 35.5. The number of hydrogen-bond acceptors (Lipinski definition) is 11. The third kappa shape index (κ3) is 14.6. The Morgan fingerprint density at radius 2 is 1.50 bits per heavy atom. The molecular formula is C41H66ClN4O9P. The van der Waals surface area contributed by atoms with Crippen LogP contribution in [0.5, 0.6) is 0 Å². The highest BCUT2D eigenvalue weighted by molar-refractivity contribution is 7.47. The van der Waals surface area contributed by atoms with E-state index in [9.17, 15) is 19.7 Å². The first-order valence-electron chi connectivity index (χ1n) is 20.7. The van der Waals surface area contributed by atoms with Crippen molar-refractivity contribution in [2.75, 3.05) is 25.6 Å². The number of aliphatic hydroxyl groups is 2. The highest BCUT2D eigenvalue weighted by Crippen LogP contribution is 2.48. The van der Waals surface area contributed by atoms with Gasteiger partial charge in [-0.05, 0) is 50.1 Å². The lowest BCUT2D eigenvalue weighted by atomic mass is 9.92. The molecule has 0 spiro atoms. The summed E-state index contributed by atoms with van der Waals surface area (Å²) in [6, 6.07) is 10.6. The van der Waals surface area contributed by atoms with Gasteiger partial charge in [0.15, 0.2) is 5.82 Å². The maximum atomic E-state index is 13.2. The average Bonchev–Trinajstić information content (AvgIpc) is 3.72. The average molecular weight is 825 g/mol. The van der Waals surface area contributed by atoms with E-state index < -0.39 is 43.9 Å². The number of unbranched alkanes of at least 4 members (excludes halogenated alkanes) is 15. The maximum Gasteiger partial charge on any atom is 0.472 e. The molecule has 1 aromatic carbocycles. The number of nitrogen functional groups attached to an aromatic ring is 1. The molecule has 13 nitrogen and oxygen atoms in total. The summed E-state index contributed by atoms with van der Waals surface area (Å²) in [4.78, 5) is 14.7. The Labute approximate surface area is 338 Å². The molecule has 1 fully saturated rings. The van der Waals surface area contributed by atoms with Crippen LogP contribution in [0.2, 0.25) is 5.02 Å². The van der Waals surface area contributed by atoms with E-state index in [1.807, 2.05) is 12.1 Å². The Kier molecular flexibility index (Phi) is 20.0. The largest absolute Gasteiger partial charge is 0.472 e. The first kappa shape index (κ1) is 46.5. The molecule has 0 bridgehead atoms. The van der Waals surface area contributed by atoms with Crippen LogP contribution in [0.3, 0.4) is 0 Å². The van der Waals surface area contributed by atoms with Gasteiger partial charge in [-0.2, -0.15) is 5.10 Å². The number of rotatable bonds is 29. The molecule has 316 valence electrons. The third-order valence-corrected chi connectivity index (χ3v) is 12.0. The fourth-order valence-corrected chi connectivity index (χ4v) is 8.31. The fraction of sp³-hybridized carbons (Fsp3) is 0.707. The van der Waals surface area contributed by atoms with Gasteiger partial charge in [0.25, 0.3) is 0 Å². The van der Waals surface area contributed by atoms with Crippen molar-refractivity contribution in [3.63, 3.8) is 0 Å². The molecule has 56 heavy (non-hydrogen) atoms. The Bertz CT molecular complexity index is 1600. The molecule has 0 amide bonds. The molecule has 0 radical (unpaired) electrons. The summed E-state index contributed by atoms with van der Waals surface area (Å²) < 4.78 is 43.7. The number of aromatic nitrogens is 3. The molecule has 1 aliphatic rings. The van der Waals surface area contributed by atoms with Crippen molar-refractivity contribution in [3.05, 3.63) is 59.0 Å². The number of ether oxygens (including phenoxy) is 3. The summed E-state index contributed by atoms with van der Waals surface area (Å²) >= 11 is 6.04. The van der Waals surface area contributed by atoms with Crippen molar-refractivity contribution in [1.29, 1.82) is 0 Å². The van der Waals surface area contributed by atoms with Crippen molar-refractivity contribution >= 4 is 30.8 Å². The number of nitrogens with zero attached hydrogens (tertiary/aromatic N) is 3. The van der Waals surface area contributed by atoms with Crippen LogP contribution in [0.25, 0.3) is 5.52 Å². The number of benzene rings is 1. The van der Waals surface area contributed by atoms with Crippen LogP contribution in [0.4, 0.5) is 5.82 Å². The Hall–Kier alpha value is -2.16. The predicted octanol–water partition coefficient (Wildman–Crippen LogP) is 8.69. The van der Waals surface area contributed by atoms with Gasteiger partial charge in [0.1, 0.15) is 41.9 Å². The number of halogens is 1. The van der Waals surface area contributed by atoms with E-state index in [1.54, 1.807) is 31.2 Å². The van der Waals surface area contributed by atoms with Gasteiger partial charge >= 0.3 is 7.82 Å². The summed E-state index contributed by atoms with van der Waals surface area (Å²) in [7, 11) is -4.70. The van der Waals surface area contributed by atoms with Crippen LogP contribution in [0, 0.1) is 0 Å². The molecule has 1 unspecified atom stereocenters. The molecule has 3 aromatic rings. The molecule has 4 rings (SSSR count). The van der Waals surface area contributed by atoms with Crippen molar-refractivity contribution in [1.82, 2.24) is 14.6 Å². The lowest BCUT2D eigenvalue weighted by molar-refractivity contribution is -0.108. The first-order chi connectivity index (χ1) is 26.9. The number of phosphoric ester groups is 1. The van der Waals surface area contributed by atoms with Gasteiger partial charge in [-0.15, -0.1) is 0 Å². The molecule has 7 atom stereocenters. The van der Waals surface area contributed by atoms with E-state index in [4.69, 9.17) is 40.6 Å². The molecule has 3 heterocycles. The second-order valence-corrected chi connectivity index (χ2v) is 17.1. The molecule has 5 N–H and O–H groups in total. The second-order valence-electron chi connectivity index (χ2n) is 15.3. The molecule has 0 aliphatic carbocycles. The molecule has 0 saturated carbocycles. The standard InChI is InChI=1S/C41H66ClN4O9P/c1-4-5-6-7-8-9-10-11-12-13-14-15-16-17-18-19-26-51-28-34(52-27-32-20-22-33(42)23-21-32)29-53-56(49,50)55-31(2)38-37(47)39(48)41(3,54-38)36-25-24-35-40(43)44-30-45-46(35)36/h20-25,30-31,34,37-39,47-48H,4-19,26-29H2,1-3H3,(H,49,50)(H2,43,44,45)/t31-,34+,37+,38+,39+,41-/m0/s1. The van der Waals surface area contributed by atoms with Gasteiger partial charge in [0.2, 0.25) is 0 Å². The zero-order chi connectivity index (χ0) is 40.4. The normalized spacial score (nSPS) is 22.1. The number of nitrogens with two attached hydrogens (primary N) is 1. The number of phosphoric acid groups is 1. The van der Waals surface area contributed by atoms with Gasteiger partial charge in [-0.1, -0.05) is 127 Å². The fourth-order valence-electron chi connectivity index (χ4n) is 7.23. The van der Waals surface area contributed by atoms with Gasteiger partial charge < -0.3 is 35.1 Å². The zero-order valence-electron chi connectivity index (χ0n) is 33.6. The summed E-state index contributed by atoms with van der Waals surface area (Å²) in [5.74, 6) is 0.232. The van der Waals surface area contributed by atoms with Crippen LogP contribution in [-0.2, 0) is 40.0 Å². The number of hydrogen-bond donors (Lipinski definition) is 4. The first-order valence-corrected chi connectivity index (χ1v) is 22.5. The lowest BCUT2D eigenvalue weighted by Crippen LogP contribution is -2.40. The lowest BCUT2D eigenvalue weighted by Gasteiger charge is -2.28. The van der Waals surface area contributed by atoms with Crippen LogP contribution in [0.15, 0.2) is 42.7 Å². The highest BCUT2D eigenvalue weighted by Gasteiger charge is 2.56. The summed E-state index contributed by atoms with van der Waals surface area (Å²) in [5, 5.41) is 26.9.